The molecule has 0 aliphatic heterocycles. The van der Waals surface area contributed by atoms with Gasteiger partial charge in [-0.3, -0.25) is 4.79 Å². The molecule has 0 saturated heterocycles. The van der Waals surface area contributed by atoms with E-state index in [1.54, 1.807) is 18.9 Å². The summed E-state index contributed by atoms with van der Waals surface area (Å²) in [6.07, 6.45) is -1.09. The molecule has 1 saturated carbocycles. The zero-order chi connectivity index (χ0) is 20.8. The van der Waals surface area contributed by atoms with E-state index in [2.05, 4.69) is 10.1 Å². The summed E-state index contributed by atoms with van der Waals surface area (Å²) in [6.45, 7) is 2.35. The van der Waals surface area contributed by atoms with Crippen molar-refractivity contribution in [1.29, 1.82) is 0 Å². The Morgan fingerprint density at radius 2 is 2.03 bits per heavy atom. The zero-order valence-corrected chi connectivity index (χ0v) is 16.1. The number of benzene rings is 1. The first-order valence-electron chi connectivity index (χ1n) is 9.44. The van der Waals surface area contributed by atoms with Crippen LogP contribution < -0.4 is 0 Å². The van der Waals surface area contributed by atoms with Crippen molar-refractivity contribution in [3.05, 3.63) is 47.2 Å². The number of rotatable bonds is 4. The summed E-state index contributed by atoms with van der Waals surface area (Å²) >= 11 is 0. The molecule has 3 aromatic rings. The molecule has 5 nitrogen and oxygen atoms in total. The van der Waals surface area contributed by atoms with Gasteiger partial charge in [-0.15, -0.1) is 0 Å². The lowest BCUT2D eigenvalue weighted by atomic mass is 9.85. The number of hydrogen-bond donors (Lipinski definition) is 0. The van der Waals surface area contributed by atoms with Gasteiger partial charge in [0.15, 0.2) is 0 Å². The second-order valence-electron chi connectivity index (χ2n) is 7.56. The minimum absolute atomic E-state index is 0.137. The van der Waals surface area contributed by atoms with Crippen molar-refractivity contribution in [2.45, 2.75) is 32.4 Å². The quantitative estimate of drug-likeness (QED) is 0.609. The van der Waals surface area contributed by atoms with Gasteiger partial charge in [-0.25, -0.2) is 4.98 Å². The van der Waals surface area contributed by atoms with Gasteiger partial charge < -0.3 is 9.42 Å². The molecule has 0 N–H and O–H groups in total. The van der Waals surface area contributed by atoms with Crippen LogP contribution >= 0.6 is 0 Å². The largest absolute Gasteiger partial charge is 0.416 e. The smallest absolute Gasteiger partial charge is 0.341 e. The molecule has 0 spiro atoms. The van der Waals surface area contributed by atoms with Gasteiger partial charge >= 0.3 is 6.18 Å². The molecule has 1 amide bonds. The normalized spacial score (nSPS) is 14.8. The molecular formula is C21H20F3N3O2. The van der Waals surface area contributed by atoms with E-state index in [0.717, 1.165) is 25.0 Å². The van der Waals surface area contributed by atoms with Crippen molar-refractivity contribution in [2.75, 3.05) is 13.6 Å². The number of amides is 1. The predicted molar refractivity (Wildman–Crippen MR) is 101 cm³/mol. The Labute approximate surface area is 165 Å². The van der Waals surface area contributed by atoms with Crippen LogP contribution in [-0.2, 0) is 6.18 Å². The Morgan fingerprint density at radius 1 is 1.28 bits per heavy atom. The third-order valence-electron chi connectivity index (χ3n) is 5.44. The van der Waals surface area contributed by atoms with E-state index >= 15 is 0 Å². The molecule has 2 heterocycles. The third-order valence-corrected chi connectivity index (χ3v) is 5.44. The van der Waals surface area contributed by atoms with Crippen LogP contribution in [0.2, 0.25) is 0 Å². The summed E-state index contributed by atoms with van der Waals surface area (Å²) in [4.78, 5) is 19.1. The van der Waals surface area contributed by atoms with E-state index in [1.165, 1.54) is 24.6 Å². The van der Waals surface area contributed by atoms with Crippen LogP contribution in [0.5, 0.6) is 0 Å². The molecule has 1 fully saturated rings. The average Bonchev–Trinajstić information content (AvgIpc) is 3.03. The van der Waals surface area contributed by atoms with E-state index in [9.17, 15) is 18.0 Å². The van der Waals surface area contributed by atoms with Crippen LogP contribution in [0.15, 0.2) is 34.9 Å². The van der Waals surface area contributed by atoms with Gasteiger partial charge in [-0.2, -0.15) is 13.2 Å². The first-order chi connectivity index (χ1) is 13.7. The summed E-state index contributed by atoms with van der Waals surface area (Å²) in [6, 6.07) is 6.39. The maximum atomic E-state index is 13.1. The molecule has 0 bridgehead atoms. The Morgan fingerprint density at radius 3 is 2.69 bits per heavy atom. The number of hydrogen-bond acceptors (Lipinski definition) is 4. The average molecular weight is 403 g/mol. The molecule has 1 aliphatic rings. The van der Waals surface area contributed by atoms with Gasteiger partial charge in [0.2, 0.25) is 0 Å². The van der Waals surface area contributed by atoms with E-state index in [4.69, 9.17) is 4.52 Å². The van der Waals surface area contributed by atoms with Gasteiger partial charge in [0.05, 0.1) is 27.9 Å². The molecule has 29 heavy (non-hydrogen) atoms. The maximum Gasteiger partial charge on any atom is 0.416 e. The Bertz CT molecular complexity index is 1070. The minimum Gasteiger partial charge on any atom is -0.341 e. The molecule has 4 rings (SSSR count). The minimum atomic E-state index is -4.47. The van der Waals surface area contributed by atoms with Gasteiger partial charge in [-0.05, 0) is 43.9 Å². The third kappa shape index (κ3) is 3.71. The van der Waals surface area contributed by atoms with E-state index in [1.807, 2.05) is 0 Å². The van der Waals surface area contributed by atoms with Crippen molar-refractivity contribution in [3.8, 4) is 11.3 Å². The SMILES string of the molecule is Cc1noc2nc(-c3cccc(C(F)(F)F)c3)cc(C(=O)N(C)CC3CCC3)c12. The maximum absolute atomic E-state index is 13.1. The van der Waals surface area contributed by atoms with Crippen LogP contribution in [0.3, 0.4) is 0 Å². The number of pyridine rings is 1. The molecule has 0 atom stereocenters. The summed E-state index contributed by atoms with van der Waals surface area (Å²) in [7, 11) is 1.74. The first kappa shape index (κ1) is 19.4. The van der Waals surface area contributed by atoms with E-state index < -0.39 is 11.7 Å². The summed E-state index contributed by atoms with van der Waals surface area (Å²) < 4.78 is 44.6. The molecule has 152 valence electrons. The van der Waals surface area contributed by atoms with Crippen molar-refractivity contribution >= 4 is 17.0 Å². The number of halogens is 3. The highest BCUT2D eigenvalue weighted by Gasteiger charge is 2.31. The highest BCUT2D eigenvalue weighted by Crippen LogP contribution is 2.34. The lowest BCUT2D eigenvalue weighted by molar-refractivity contribution is -0.137. The Kier molecular flexibility index (Phi) is 4.80. The van der Waals surface area contributed by atoms with Gasteiger partial charge in [0, 0.05) is 19.2 Å². The van der Waals surface area contributed by atoms with Crippen molar-refractivity contribution in [1.82, 2.24) is 15.0 Å². The summed E-state index contributed by atoms with van der Waals surface area (Å²) in [5.41, 5.74) is 0.705. The number of carbonyl (C=O) groups excluding carboxylic acids is 1. The lowest BCUT2D eigenvalue weighted by Gasteiger charge is -2.30. The molecule has 2 aromatic heterocycles. The highest BCUT2D eigenvalue weighted by atomic mass is 19.4. The first-order valence-corrected chi connectivity index (χ1v) is 9.44. The fourth-order valence-electron chi connectivity index (χ4n) is 3.62. The van der Waals surface area contributed by atoms with Crippen molar-refractivity contribution < 1.29 is 22.5 Å². The van der Waals surface area contributed by atoms with Crippen LogP contribution in [0, 0.1) is 12.8 Å². The topological polar surface area (TPSA) is 59.2 Å². The van der Waals surface area contributed by atoms with Crippen LogP contribution in [0.1, 0.15) is 40.9 Å². The fraction of sp³-hybridized carbons (Fsp3) is 0.381. The second-order valence-corrected chi connectivity index (χ2v) is 7.56. The standard InChI is InChI=1S/C21H20F3N3O2/c1-12-18-16(20(28)27(2)11-13-5-3-6-13)10-17(25-19(18)29-26-12)14-7-4-8-15(9-14)21(22,23)24/h4,7-10,13H,3,5-6,11H2,1-2H3. The second kappa shape index (κ2) is 7.17. The number of aryl methyl sites for hydroxylation is 1. The Hall–Kier alpha value is -2.90. The Balaban J connectivity index is 1.78. The molecule has 1 aromatic carbocycles. The van der Waals surface area contributed by atoms with Gasteiger partial charge in [0.1, 0.15) is 0 Å². The molecular weight excluding hydrogens is 383 g/mol. The highest BCUT2D eigenvalue weighted by molar-refractivity contribution is 6.06. The number of aromatic nitrogens is 2. The molecule has 1 aliphatic carbocycles. The number of alkyl halides is 3. The van der Waals surface area contributed by atoms with Crippen molar-refractivity contribution in [2.24, 2.45) is 5.92 Å². The van der Waals surface area contributed by atoms with Gasteiger partial charge in [0.25, 0.3) is 11.6 Å². The van der Waals surface area contributed by atoms with Gasteiger partial charge in [-0.1, -0.05) is 23.7 Å². The number of nitrogens with zero attached hydrogens (tertiary/aromatic N) is 3. The van der Waals surface area contributed by atoms with Crippen LogP contribution in [0.4, 0.5) is 13.2 Å². The lowest BCUT2D eigenvalue weighted by Crippen LogP contribution is -2.34. The fourth-order valence-corrected chi connectivity index (χ4v) is 3.62. The molecule has 0 unspecified atom stereocenters. The number of fused-ring (bicyclic) bond motifs is 1. The summed E-state index contributed by atoms with van der Waals surface area (Å²) in [5.74, 6) is 0.275. The van der Waals surface area contributed by atoms with E-state index in [-0.39, 0.29) is 22.9 Å². The summed E-state index contributed by atoms with van der Waals surface area (Å²) in [5, 5.41) is 4.38. The van der Waals surface area contributed by atoms with E-state index in [0.29, 0.717) is 29.1 Å². The monoisotopic (exact) mass is 403 g/mol. The number of carbonyl (C=O) groups is 1. The predicted octanol–water partition coefficient (Wildman–Crippen LogP) is 5.09. The van der Waals surface area contributed by atoms with Crippen LogP contribution in [-0.4, -0.2) is 34.5 Å². The molecule has 8 heteroatoms. The molecule has 0 radical (unpaired) electrons. The van der Waals surface area contributed by atoms with Crippen LogP contribution in [0.25, 0.3) is 22.4 Å². The zero-order valence-electron chi connectivity index (χ0n) is 16.1. The van der Waals surface area contributed by atoms with Crippen molar-refractivity contribution in [3.63, 3.8) is 0 Å².